The summed E-state index contributed by atoms with van der Waals surface area (Å²) in [7, 11) is 0. The zero-order valence-electron chi connectivity index (χ0n) is 19.5. The molecule has 3 aromatic carbocycles. The molecule has 0 aliphatic heterocycles. The van der Waals surface area contributed by atoms with E-state index in [9.17, 15) is 0 Å². The molecule has 1 N–H and O–H groups in total. The van der Waals surface area contributed by atoms with Crippen LogP contribution in [-0.2, 0) is 0 Å². The van der Waals surface area contributed by atoms with Crippen molar-refractivity contribution in [2.24, 2.45) is 0 Å². The smallest absolute Gasteiger partial charge is 0.0384 e. The summed E-state index contributed by atoms with van der Waals surface area (Å²) in [6.45, 7) is 16.6. The molecule has 0 fully saturated rings. The molecule has 3 aromatic rings. The molecule has 0 saturated carbocycles. The van der Waals surface area contributed by atoms with Crippen molar-refractivity contribution in [2.75, 3.05) is 5.32 Å². The van der Waals surface area contributed by atoms with Gasteiger partial charge < -0.3 is 5.32 Å². The SMILES string of the molecule is C=C(/C=C\c1ccccc1C)c1ccc(Nc2ccc(C)cc2)cc1.CC.CCC. The van der Waals surface area contributed by atoms with E-state index >= 15 is 0 Å². The summed E-state index contributed by atoms with van der Waals surface area (Å²) in [6, 6.07) is 25.1. The Labute approximate surface area is 184 Å². The van der Waals surface area contributed by atoms with Gasteiger partial charge in [-0.15, -0.1) is 0 Å². The first-order valence-corrected chi connectivity index (χ1v) is 10.9. The highest BCUT2D eigenvalue weighted by Crippen LogP contribution is 2.21. The Morgan fingerprint density at radius 3 is 1.83 bits per heavy atom. The summed E-state index contributed by atoms with van der Waals surface area (Å²) in [5.41, 5.74) is 8.05. The van der Waals surface area contributed by atoms with Crippen molar-refractivity contribution >= 4 is 23.0 Å². The lowest BCUT2D eigenvalue weighted by atomic mass is 10.0. The molecule has 0 heterocycles. The standard InChI is InChI=1S/C24H23N.C3H8.C2H6/c1-18-8-14-23(15-9-18)25-24-16-12-22(13-17-24)20(3)10-11-21-7-5-4-6-19(21)2;1-3-2;1-2/h4-17,25H,3H2,1-2H3;3H2,1-2H3;1-2H3/b11-10-;;. The molecule has 30 heavy (non-hydrogen) atoms. The lowest BCUT2D eigenvalue weighted by Crippen LogP contribution is -1.90. The molecular formula is C29H37N. The van der Waals surface area contributed by atoms with Crippen LogP contribution in [0.15, 0.2) is 85.5 Å². The highest BCUT2D eigenvalue weighted by atomic mass is 14.9. The van der Waals surface area contributed by atoms with Crippen molar-refractivity contribution < 1.29 is 0 Å². The minimum absolute atomic E-state index is 1.00. The molecule has 0 spiro atoms. The first-order chi connectivity index (χ1) is 14.5. The first-order valence-electron chi connectivity index (χ1n) is 10.9. The molecule has 0 saturated heterocycles. The number of hydrogen-bond donors (Lipinski definition) is 1. The van der Waals surface area contributed by atoms with Gasteiger partial charge in [-0.3, -0.25) is 0 Å². The van der Waals surface area contributed by atoms with E-state index in [1.165, 1.54) is 23.1 Å². The fraction of sp³-hybridized carbons (Fsp3) is 0.241. The fourth-order valence-electron chi connectivity index (χ4n) is 2.63. The largest absolute Gasteiger partial charge is 0.356 e. The van der Waals surface area contributed by atoms with E-state index < -0.39 is 0 Å². The second-order valence-electron chi connectivity index (χ2n) is 6.99. The average molecular weight is 400 g/mol. The molecule has 0 radical (unpaired) electrons. The molecular weight excluding hydrogens is 362 g/mol. The van der Waals surface area contributed by atoms with Crippen molar-refractivity contribution in [2.45, 2.75) is 48.0 Å². The Kier molecular flexibility index (Phi) is 11.7. The predicted molar refractivity (Wildman–Crippen MR) is 137 cm³/mol. The van der Waals surface area contributed by atoms with Crippen LogP contribution in [0, 0.1) is 13.8 Å². The van der Waals surface area contributed by atoms with E-state index in [1.54, 1.807) is 0 Å². The van der Waals surface area contributed by atoms with Gasteiger partial charge in [-0.2, -0.15) is 0 Å². The maximum absolute atomic E-state index is 4.19. The summed E-state index contributed by atoms with van der Waals surface area (Å²) in [6.07, 6.45) is 5.45. The van der Waals surface area contributed by atoms with Crippen LogP contribution in [0.1, 0.15) is 56.4 Å². The van der Waals surface area contributed by atoms with Gasteiger partial charge in [0.1, 0.15) is 0 Å². The Balaban J connectivity index is 0.000000826. The number of hydrogen-bond acceptors (Lipinski definition) is 1. The molecule has 0 unspecified atom stereocenters. The van der Waals surface area contributed by atoms with E-state index in [0.717, 1.165) is 22.5 Å². The van der Waals surface area contributed by atoms with Crippen molar-refractivity contribution in [3.05, 3.63) is 108 Å². The van der Waals surface area contributed by atoms with Crippen molar-refractivity contribution in [3.63, 3.8) is 0 Å². The molecule has 0 aliphatic rings. The zero-order valence-corrected chi connectivity index (χ0v) is 19.5. The lowest BCUT2D eigenvalue weighted by Gasteiger charge is -2.08. The van der Waals surface area contributed by atoms with E-state index in [4.69, 9.17) is 0 Å². The third-order valence-electron chi connectivity index (χ3n) is 4.25. The third kappa shape index (κ3) is 8.53. The molecule has 3 rings (SSSR count). The summed E-state index contributed by atoms with van der Waals surface area (Å²) in [5, 5.41) is 3.41. The number of nitrogens with one attached hydrogen (secondary N) is 1. The predicted octanol–water partition coefficient (Wildman–Crippen LogP) is 9.22. The number of benzene rings is 3. The van der Waals surface area contributed by atoms with Crippen LogP contribution in [0.2, 0.25) is 0 Å². The van der Waals surface area contributed by atoms with Gasteiger partial charge in [0.15, 0.2) is 0 Å². The molecule has 1 heteroatoms. The average Bonchev–Trinajstić information content (AvgIpc) is 2.77. The minimum atomic E-state index is 1.00. The fourth-order valence-corrected chi connectivity index (χ4v) is 2.63. The quantitative estimate of drug-likeness (QED) is 0.421. The highest BCUT2D eigenvalue weighted by molar-refractivity contribution is 5.78. The molecule has 0 aliphatic carbocycles. The van der Waals surface area contributed by atoms with Crippen LogP contribution < -0.4 is 5.32 Å². The van der Waals surface area contributed by atoms with Gasteiger partial charge in [0.05, 0.1) is 0 Å². The van der Waals surface area contributed by atoms with E-state index in [-0.39, 0.29) is 0 Å². The Bertz CT molecular complexity index is 900. The van der Waals surface area contributed by atoms with Gasteiger partial charge in [0, 0.05) is 11.4 Å². The van der Waals surface area contributed by atoms with Crippen LogP contribution >= 0.6 is 0 Å². The minimum Gasteiger partial charge on any atom is -0.356 e. The molecule has 1 nitrogen and oxygen atoms in total. The topological polar surface area (TPSA) is 12.0 Å². The molecule has 0 amide bonds. The normalized spacial score (nSPS) is 9.80. The Morgan fingerprint density at radius 1 is 0.800 bits per heavy atom. The number of allylic oxidation sites excluding steroid dienone is 2. The number of anilines is 2. The lowest BCUT2D eigenvalue weighted by molar-refractivity contribution is 1.09. The van der Waals surface area contributed by atoms with Crippen LogP contribution in [0.4, 0.5) is 11.4 Å². The summed E-state index contributed by atoms with van der Waals surface area (Å²) < 4.78 is 0. The van der Waals surface area contributed by atoms with E-state index in [0.29, 0.717) is 0 Å². The van der Waals surface area contributed by atoms with Crippen molar-refractivity contribution in [1.82, 2.24) is 0 Å². The van der Waals surface area contributed by atoms with Gasteiger partial charge in [-0.1, -0.05) is 107 Å². The van der Waals surface area contributed by atoms with E-state index in [1.807, 2.05) is 13.8 Å². The van der Waals surface area contributed by atoms with E-state index in [2.05, 4.69) is 125 Å². The van der Waals surface area contributed by atoms with Crippen LogP contribution in [-0.4, -0.2) is 0 Å². The van der Waals surface area contributed by atoms with Crippen molar-refractivity contribution in [3.8, 4) is 0 Å². The summed E-state index contributed by atoms with van der Waals surface area (Å²) in [4.78, 5) is 0. The van der Waals surface area contributed by atoms with Gasteiger partial charge in [0.2, 0.25) is 0 Å². The van der Waals surface area contributed by atoms with Gasteiger partial charge in [-0.05, 0) is 60.4 Å². The number of rotatable bonds is 5. The van der Waals surface area contributed by atoms with Crippen LogP contribution in [0.25, 0.3) is 11.6 Å². The summed E-state index contributed by atoms with van der Waals surface area (Å²) >= 11 is 0. The Hall–Kier alpha value is -3.06. The van der Waals surface area contributed by atoms with Crippen molar-refractivity contribution in [1.29, 1.82) is 0 Å². The maximum atomic E-state index is 4.19. The third-order valence-corrected chi connectivity index (χ3v) is 4.25. The summed E-state index contributed by atoms with van der Waals surface area (Å²) in [5.74, 6) is 0. The maximum Gasteiger partial charge on any atom is 0.0384 e. The molecule has 0 bridgehead atoms. The highest BCUT2D eigenvalue weighted by Gasteiger charge is 1.99. The molecule has 0 atom stereocenters. The second kappa shape index (κ2) is 14.0. The molecule has 0 aromatic heterocycles. The van der Waals surface area contributed by atoms with Gasteiger partial charge in [0.25, 0.3) is 0 Å². The monoisotopic (exact) mass is 399 g/mol. The molecule has 158 valence electrons. The van der Waals surface area contributed by atoms with Gasteiger partial charge >= 0.3 is 0 Å². The van der Waals surface area contributed by atoms with Crippen LogP contribution in [0.3, 0.4) is 0 Å². The Morgan fingerprint density at radius 2 is 1.30 bits per heavy atom. The van der Waals surface area contributed by atoms with Gasteiger partial charge in [-0.25, -0.2) is 0 Å². The van der Waals surface area contributed by atoms with Crippen LogP contribution in [0.5, 0.6) is 0 Å². The first kappa shape index (κ1) is 25.0. The number of aryl methyl sites for hydroxylation is 2. The second-order valence-corrected chi connectivity index (χ2v) is 6.99. The zero-order chi connectivity index (χ0) is 22.4.